The van der Waals surface area contributed by atoms with Crippen molar-refractivity contribution in [2.75, 3.05) is 18.9 Å². The highest BCUT2D eigenvalue weighted by Crippen LogP contribution is 2.33. The minimum absolute atomic E-state index is 0.114. The second kappa shape index (κ2) is 6.65. The summed E-state index contributed by atoms with van der Waals surface area (Å²) in [6.07, 6.45) is -3.59. The van der Waals surface area contributed by atoms with E-state index in [1.807, 2.05) is 0 Å². The third-order valence-corrected chi connectivity index (χ3v) is 2.80. The molecule has 0 saturated carbocycles. The van der Waals surface area contributed by atoms with Crippen molar-refractivity contribution in [3.05, 3.63) is 28.8 Å². The van der Waals surface area contributed by atoms with Gasteiger partial charge in [0, 0.05) is 20.0 Å². The smallest absolute Gasteiger partial charge is 0.384 e. The van der Waals surface area contributed by atoms with Gasteiger partial charge in [0.2, 0.25) is 5.91 Å². The fourth-order valence-corrected chi connectivity index (χ4v) is 1.62. The summed E-state index contributed by atoms with van der Waals surface area (Å²) >= 11 is 5.81. The molecule has 0 aromatic heterocycles. The van der Waals surface area contributed by atoms with Gasteiger partial charge >= 0.3 is 6.18 Å². The van der Waals surface area contributed by atoms with Gasteiger partial charge in [0.25, 0.3) is 0 Å². The van der Waals surface area contributed by atoms with Crippen molar-refractivity contribution in [2.24, 2.45) is 0 Å². The van der Waals surface area contributed by atoms with Crippen LogP contribution in [-0.2, 0) is 11.0 Å². The summed E-state index contributed by atoms with van der Waals surface area (Å²) in [6, 6.07) is 3.09. The number of nitrogens with one attached hydrogen (secondary N) is 2. The van der Waals surface area contributed by atoms with Crippen LogP contribution >= 0.6 is 11.6 Å². The average Bonchev–Trinajstić information content (AvgIpc) is 2.34. The van der Waals surface area contributed by atoms with E-state index < -0.39 is 11.7 Å². The van der Waals surface area contributed by atoms with Crippen LogP contribution in [0.25, 0.3) is 0 Å². The van der Waals surface area contributed by atoms with Gasteiger partial charge in [-0.05, 0) is 24.6 Å². The van der Waals surface area contributed by atoms with E-state index in [4.69, 9.17) is 11.6 Å². The number of carbonyl (C=O) groups is 1. The van der Waals surface area contributed by atoms with E-state index in [2.05, 4.69) is 10.6 Å². The minimum atomic E-state index is -4.40. The van der Waals surface area contributed by atoms with E-state index in [0.717, 1.165) is 12.1 Å². The van der Waals surface area contributed by atoms with Crippen LogP contribution in [0.1, 0.15) is 18.4 Å². The van der Waals surface area contributed by atoms with Gasteiger partial charge in [-0.1, -0.05) is 11.6 Å². The van der Waals surface area contributed by atoms with Crippen LogP contribution < -0.4 is 10.6 Å². The Morgan fingerprint density at radius 3 is 2.63 bits per heavy atom. The van der Waals surface area contributed by atoms with Crippen LogP contribution in [0, 0.1) is 0 Å². The van der Waals surface area contributed by atoms with E-state index in [-0.39, 0.29) is 16.6 Å². The largest absolute Gasteiger partial charge is 0.416 e. The molecule has 0 heterocycles. The Bertz CT molecular complexity index is 449. The third-order valence-electron chi connectivity index (χ3n) is 2.47. The highest BCUT2D eigenvalue weighted by atomic mass is 35.5. The van der Waals surface area contributed by atoms with Crippen LogP contribution in [0.3, 0.4) is 0 Å². The highest BCUT2D eigenvalue weighted by Gasteiger charge is 2.30. The second-order valence-corrected chi connectivity index (χ2v) is 4.30. The number of amides is 1. The number of hydrogen-bond acceptors (Lipinski definition) is 2. The molecule has 1 aromatic carbocycles. The predicted molar refractivity (Wildman–Crippen MR) is 68.2 cm³/mol. The fraction of sp³-hybridized carbons (Fsp3) is 0.417. The van der Waals surface area contributed by atoms with Crippen molar-refractivity contribution in [3.8, 4) is 0 Å². The number of hydrogen-bond donors (Lipinski definition) is 2. The molecule has 7 heteroatoms. The summed E-state index contributed by atoms with van der Waals surface area (Å²) < 4.78 is 37.5. The molecule has 0 saturated heterocycles. The Balaban J connectivity index is 2.60. The topological polar surface area (TPSA) is 41.1 Å². The molecule has 0 spiro atoms. The van der Waals surface area contributed by atoms with Gasteiger partial charge in [0.15, 0.2) is 0 Å². The van der Waals surface area contributed by atoms with Gasteiger partial charge < -0.3 is 10.6 Å². The molecule has 0 bridgehead atoms. The van der Waals surface area contributed by atoms with Crippen LogP contribution in [0.15, 0.2) is 18.2 Å². The minimum Gasteiger partial charge on any atom is -0.384 e. The Labute approximate surface area is 114 Å². The molecule has 0 aliphatic rings. The molecule has 2 N–H and O–H groups in total. The third kappa shape index (κ3) is 4.98. The molecule has 0 radical (unpaired) electrons. The summed E-state index contributed by atoms with van der Waals surface area (Å²) in [5, 5.41) is 5.47. The first-order chi connectivity index (χ1) is 8.84. The van der Waals surface area contributed by atoms with E-state index >= 15 is 0 Å². The summed E-state index contributed by atoms with van der Waals surface area (Å²) in [5.41, 5.74) is -0.543. The number of carbonyl (C=O) groups excluding carboxylic acids is 1. The summed E-state index contributed by atoms with van der Waals surface area (Å²) in [4.78, 5) is 11.0. The molecule has 3 nitrogen and oxygen atoms in total. The van der Waals surface area contributed by atoms with E-state index in [9.17, 15) is 18.0 Å². The second-order valence-electron chi connectivity index (χ2n) is 3.90. The lowest BCUT2D eigenvalue weighted by atomic mass is 10.2. The highest BCUT2D eigenvalue weighted by molar-refractivity contribution is 6.33. The fourth-order valence-electron chi connectivity index (χ4n) is 1.43. The van der Waals surface area contributed by atoms with Gasteiger partial charge in [-0.25, -0.2) is 0 Å². The average molecular weight is 295 g/mol. The van der Waals surface area contributed by atoms with Gasteiger partial charge in [0.1, 0.15) is 0 Å². The molecule has 1 amide bonds. The maximum absolute atomic E-state index is 12.5. The maximum atomic E-state index is 12.5. The van der Waals surface area contributed by atoms with Crippen LogP contribution in [0.2, 0.25) is 5.02 Å². The molecular formula is C12H14ClF3N2O. The molecular weight excluding hydrogens is 281 g/mol. The molecule has 0 unspecified atom stereocenters. The van der Waals surface area contributed by atoms with Crippen molar-refractivity contribution in [2.45, 2.75) is 19.0 Å². The lowest BCUT2D eigenvalue weighted by Crippen LogP contribution is -2.18. The van der Waals surface area contributed by atoms with Gasteiger partial charge in [0.05, 0.1) is 16.3 Å². The number of halogens is 4. The Kier molecular flexibility index (Phi) is 5.47. The van der Waals surface area contributed by atoms with Crippen molar-refractivity contribution in [1.82, 2.24) is 5.32 Å². The summed E-state index contributed by atoms with van der Waals surface area (Å²) in [5.74, 6) is -0.114. The molecule has 1 aromatic rings. The lowest BCUT2D eigenvalue weighted by molar-refractivity contribution is -0.137. The Morgan fingerprint density at radius 1 is 1.37 bits per heavy atom. The molecule has 0 aliphatic carbocycles. The van der Waals surface area contributed by atoms with Crippen molar-refractivity contribution >= 4 is 23.2 Å². The van der Waals surface area contributed by atoms with Gasteiger partial charge in [-0.3, -0.25) is 4.79 Å². The van der Waals surface area contributed by atoms with Crippen LogP contribution in [0.5, 0.6) is 0 Å². The van der Waals surface area contributed by atoms with Crippen molar-refractivity contribution in [3.63, 3.8) is 0 Å². The standard InChI is InChI=1S/C12H14ClF3N2O/c1-17-11(19)3-2-6-18-10-7-8(12(14,15)16)4-5-9(10)13/h4-5,7,18H,2-3,6H2,1H3,(H,17,19). The zero-order chi connectivity index (χ0) is 14.5. The molecule has 0 atom stereocenters. The molecule has 1 rings (SSSR count). The van der Waals surface area contributed by atoms with Crippen LogP contribution in [0.4, 0.5) is 18.9 Å². The van der Waals surface area contributed by atoms with Crippen molar-refractivity contribution < 1.29 is 18.0 Å². The molecule has 0 aliphatic heterocycles. The van der Waals surface area contributed by atoms with Gasteiger partial charge in [-0.2, -0.15) is 13.2 Å². The summed E-state index contributed by atoms with van der Waals surface area (Å²) in [6.45, 7) is 0.369. The SMILES string of the molecule is CNC(=O)CCCNc1cc(C(F)(F)F)ccc1Cl. The Morgan fingerprint density at radius 2 is 2.05 bits per heavy atom. The molecule has 0 fully saturated rings. The first kappa shape index (κ1) is 15.6. The summed E-state index contributed by atoms with van der Waals surface area (Å²) in [7, 11) is 1.53. The normalized spacial score (nSPS) is 11.2. The van der Waals surface area contributed by atoms with Gasteiger partial charge in [-0.15, -0.1) is 0 Å². The van der Waals surface area contributed by atoms with Crippen molar-refractivity contribution in [1.29, 1.82) is 0 Å². The number of rotatable bonds is 5. The van der Waals surface area contributed by atoms with E-state index in [1.54, 1.807) is 0 Å². The monoisotopic (exact) mass is 294 g/mol. The Hall–Kier alpha value is -1.43. The predicted octanol–water partition coefficient (Wildman–Crippen LogP) is 3.30. The lowest BCUT2D eigenvalue weighted by Gasteiger charge is -2.12. The maximum Gasteiger partial charge on any atom is 0.416 e. The molecule has 19 heavy (non-hydrogen) atoms. The first-order valence-corrected chi connectivity index (χ1v) is 6.03. The number of alkyl halides is 3. The molecule has 106 valence electrons. The van der Waals surface area contributed by atoms with E-state index in [1.165, 1.54) is 13.1 Å². The quantitative estimate of drug-likeness (QED) is 0.818. The first-order valence-electron chi connectivity index (χ1n) is 5.66. The zero-order valence-electron chi connectivity index (χ0n) is 10.3. The van der Waals surface area contributed by atoms with E-state index in [0.29, 0.717) is 19.4 Å². The van der Waals surface area contributed by atoms with Crippen LogP contribution in [-0.4, -0.2) is 19.5 Å². The zero-order valence-corrected chi connectivity index (χ0v) is 11.0. The number of anilines is 1. The number of benzene rings is 1.